The Morgan fingerprint density at radius 2 is 2.12 bits per heavy atom. The van der Waals surface area contributed by atoms with Crippen molar-refractivity contribution in [3.8, 4) is 5.75 Å². The van der Waals surface area contributed by atoms with Crippen LogP contribution in [0.2, 0.25) is 0 Å². The largest absolute Gasteiger partial charge is 0.478 e. The van der Waals surface area contributed by atoms with Crippen LogP contribution in [0, 0.1) is 0 Å². The summed E-state index contributed by atoms with van der Waals surface area (Å²) in [5.74, 6) is 0.577. The van der Waals surface area contributed by atoms with Gasteiger partial charge in [-0.15, -0.1) is 0 Å². The van der Waals surface area contributed by atoms with E-state index in [2.05, 4.69) is 0 Å². The minimum absolute atomic E-state index is 0.0166. The van der Waals surface area contributed by atoms with Crippen molar-refractivity contribution in [1.82, 2.24) is 4.90 Å². The van der Waals surface area contributed by atoms with Gasteiger partial charge in [0.1, 0.15) is 23.6 Å². The Morgan fingerprint density at radius 3 is 2.80 bits per heavy atom. The van der Waals surface area contributed by atoms with E-state index in [4.69, 9.17) is 9.15 Å². The molecule has 0 radical (unpaired) electrons. The van der Waals surface area contributed by atoms with Gasteiger partial charge in [-0.05, 0) is 31.5 Å². The third kappa shape index (κ3) is 2.85. The van der Waals surface area contributed by atoms with Gasteiger partial charge in [-0.25, -0.2) is 13.2 Å². The average Bonchev–Trinajstić information content (AvgIpc) is 2.93. The van der Waals surface area contributed by atoms with Crippen LogP contribution in [0.4, 0.5) is 0 Å². The maximum atomic E-state index is 12.1. The molecule has 2 aliphatic rings. The van der Waals surface area contributed by atoms with Crippen molar-refractivity contribution in [1.29, 1.82) is 0 Å². The average molecular weight is 363 g/mol. The number of benzene rings is 1. The summed E-state index contributed by atoms with van der Waals surface area (Å²) in [7, 11) is -2.99. The van der Waals surface area contributed by atoms with Crippen LogP contribution in [0.25, 0.3) is 11.0 Å². The molecular weight excluding hydrogens is 346 g/mol. The summed E-state index contributed by atoms with van der Waals surface area (Å²) in [5.41, 5.74) is 0.440. The van der Waals surface area contributed by atoms with E-state index in [-0.39, 0.29) is 28.9 Å². The van der Waals surface area contributed by atoms with Crippen molar-refractivity contribution < 1.29 is 22.4 Å². The molecule has 25 heavy (non-hydrogen) atoms. The lowest BCUT2D eigenvalue weighted by atomic mass is 10.0. The lowest BCUT2D eigenvalue weighted by Gasteiger charge is -2.33. The fourth-order valence-electron chi connectivity index (χ4n) is 3.45. The summed E-state index contributed by atoms with van der Waals surface area (Å²) >= 11 is 0. The lowest BCUT2D eigenvalue weighted by molar-refractivity contribution is 0.0648. The van der Waals surface area contributed by atoms with Crippen LogP contribution >= 0.6 is 0 Å². The number of Topliss-reactive ketones (excluding diaryl/α,β-unsaturated/α-hetero) is 1. The summed E-state index contributed by atoms with van der Waals surface area (Å²) in [5, 5.41) is 0.646. The van der Waals surface area contributed by atoms with Gasteiger partial charge in [0.05, 0.1) is 17.1 Å². The zero-order valence-corrected chi connectivity index (χ0v) is 14.5. The quantitative estimate of drug-likeness (QED) is 0.587. The van der Waals surface area contributed by atoms with E-state index in [1.807, 2.05) is 4.90 Å². The number of sulfone groups is 1. The molecule has 1 aromatic heterocycles. The predicted octanol–water partition coefficient (Wildman–Crippen LogP) is 1.33. The summed E-state index contributed by atoms with van der Waals surface area (Å²) in [6.45, 7) is 2.06. The molecule has 1 aromatic carbocycles. The summed E-state index contributed by atoms with van der Waals surface area (Å²) in [6.07, 6.45) is 0.574. The van der Waals surface area contributed by atoms with Crippen molar-refractivity contribution in [3.05, 3.63) is 39.7 Å². The zero-order chi connectivity index (χ0) is 17.8. The normalized spacial score (nSPS) is 22.5. The summed E-state index contributed by atoms with van der Waals surface area (Å²) < 4.78 is 34.6. The number of fused-ring (bicyclic) bond motifs is 3. The minimum Gasteiger partial charge on any atom is -0.478 e. The molecule has 0 spiro atoms. The highest BCUT2D eigenvalue weighted by Crippen LogP contribution is 2.34. The molecular formula is C17H17NO6S. The Kier molecular flexibility index (Phi) is 3.69. The molecule has 8 heteroatoms. The number of carbonyl (C=O) groups is 1. The van der Waals surface area contributed by atoms with Crippen molar-refractivity contribution >= 4 is 26.6 Å². The highest BCUT2D eigenvalue weighted by molar-refractivity contribution is 7.91. The first kappa shape index (κ1) is 16.3. The van der Waals surface area contributed by atoms with Gasteiger partial charge in [0.15, 0.2) is 15.6 Å². The Bertz CT molecular complexity index is 1040. The van der Waals surface area contributed by atoms with Crippen molar-refractivity contribution in [2.24, 2.45) is 0 Å². The van der Waals surface area contributed by atoms with Gasteiger partial charge in [0, 0.05) is 18.0 Å². The first-order valence-electron chi connectivity index (χ1n) is 8.02. The first-order chi connectivity index (χ1) is 11.8. The summed E-state index contributed by atoms with van der Waals surface area (Å²) in [4.78, 5) is 25.5. The number of hydrogen-bond donors (Lipinski definition) is 0. The molecule has 1 atom stereocenters. The molecule has 1 saturated heterocycles. The van der Waals surface area contributed by atoms with E-state index in [0.717, 1.165) is 0 Å². The Labute approximate surface area is 144 Å². The van der Waals surface area contributed by atoms with Gasteiger partial charge in [-0.3, -0.25) is 9.69 Å². The van der Waals surface area contributed by atoms with Gasteiger partial charge in [0.25, 0.3) is 0 Å². The molecule has 7 nitrogen and oxygen atoms in total. The zero-order valence-electron chi connectivity index (χ0n) is 13.6. The molecule has 0 saturated carbocycles. The molecule has 3 heterocycles. The predicted molar refractivity (Wildman–Crippen MR) is 90.6 cm³/mol. The molecule has 132 valence electrons. The van der Waals surface area contributed by atoms with Crippen LogP contribution in [-0.2, 0) is 16.4 Å². The van der Waals surface area contributed by atoms with E-state index >= 15 is 0 Å². The summed E-state index contributed by atoms with van der Waals surface area (Å²) in [6, 6.07) is 4.96. The van der Waals surface area contributed by atoms with E-state index in [9.17, 15) is 18.0 Å². The Morgan fingerprint density at radius 1 is 1.32 bits per heavy atom. The highest BCUT2D eigenvalue weighted by atomic mass is 32.2. The van der Waals surface area contributed by atoms with Crippen LogP contribution in [0.3, 0.4) is 0 Å². The number of nitrogens with zero attached hydrogens (tertiary/aromatic N) is 1. The number of carbonyl (C=O) groups excluding carboxylic acids is 1. The fourth-order valence-corrected chi connectivity index (χ4v) is 5.22. The fraction of sp³-hybridized carbons (Fsp3) is 0.412. The van der Waals surface area contributed by atoms with E-state index in [1.165, 1.54) is 13.0 Å². The minimum atomic E-state index is -2.99. The third-order valence-corrected chi connectivity index (χ3v) is 6.56. The van der Waals surface area contributed by atoms with Gasteiger partial charge in [-0.2, -0.15) is 0 Å². The third-order valence-electron chi connectivity index (χ3n) is 4.81. The highest BCUT2D eigenvalue weighted by Gasteiger charge is 2.35. The molecule has 2 aliphatic heterocycles. The van der Waals surface area contributed by atoms with E-state index < -0.39 is 15.5 Å². The molecule has 0 bridgehead atoms. The Balaban J connectivity index is 1.75. The van der Waals surface area contributed by atoms with E-state index in [0.29, 0.717) is 42.0 Å². The van der Waals surface area contributed by atoms with Gasteiger partial charge in [0.2, 0.25) is 0 Å². The first-order valence-corrected chi connectivity index (χ1v) is 9.84. The second kappa shape index (κ2) is 5.67. The molecule has 0 amide bonds. The molecule has 1 unspecified atom stereocenters. The molecule has 0 aliphatic carbocycles. The van der Waals surface area contributed by atoms with Crippen LogP contribution < -0.4 is 10.4 Å². The smallest absolute Gasteiger partial charge is 0.347 e. The van der Waals surface area contributed by atoms with Crippen LogP contribution in [0.15, 0.2) is 27.4 Å². The number of rotatable bonds is 2. The van der Waals surface area contributed by atoms with Gasteiger partial charge < -0.3 is 9.15 Å². The lowest BCUT2D eigenvalue weighted by Crippen LogP contribution is -2.41. The van der Waals surface area contributed by atoms with Crippen molar-refractivity contribution in [2.45, 2.75) is 25.9 Å². The second-order valence-corrected chi connectivity index (χ2v) is 8.77. The molecule has 4 rings (SSSR count). The molecule has 2 aromatic rings. The van der Waals surface area contributed by atoms with Crippen molar-refractivity contribution in [2.75, 3.05) is 18.2 Å². The van der Waals surface area contributed by atoms with Gasteiger partial charge >= 0.3 is 5.63 Å². The Hall–Kier alpha value is -2.19. The molecule has 0 N–H and O–H groups in total. The monoisotopic (exact) mass is 363 g/mol. The van der Waals surface area contributed by atoms with Crippen LogP contribution in [-0.4, -0.2) is 43.4 Å². The van der Waals surface area contributed by atoms with Crippen LogP contribution in [0.1, 0.15) is 29.3 Å². The second-order valence-electron chi connectivity index (χ2n) is 6.54. The maximum Gasteiger partial charge on any atom is 0.347 e. The number of ketones is 1. The van der Waals surface area contributed by atoms with Crippen molar-refractivity contribution in [3.63, 3.8) is 0 Å². The SMILES string of the molecule is CC(=O)c1cc2ccc3c(c2oc1=O)CN(C1CCS(=O)(=O)C1)CO3. The standard InChI is InChI=1S/C17H17NO6S/c1-10(19)13-6-11-2-3-15-14(16(11)24-17(13)20)7-18(9-23-15)12-4-5-25(21,22)8-12/h2-3,6,12H,4-5,7-9H2,1H3. The molecule has 1 fully saturated rings. The number of hydrogen-bond acceptors (Lipinski definition) is 7. The van der Waals surface area contributed by atoms with Crippen LogP contribution in [0.5, 0.6) is 5.75 Å². The maximum absolute atomic E-state index is 12.1. The van der Waals surface area contributed by atoms with Gasteiger partial charge in [-0.1, -0.05) is 0 Å². The topological polar surface area (TPSA) is 93.9 Å². The number of ether oxygens (including phenoxy) is 1. The van der Waals surface area contributed by atoms with E-state index in [1.54, 1.807) is 12.1 Å².